The van der Waals surface area contributed by atoms with E-state index in [1.165, 1.54) is 7.11 Å². The number of carbonyl (C=O) groups excluding carboxylic acids is 1. The zero-order chi connectivity index (χ0) is 21.9. The Balaban J connectivity index is 1.70. The molecule has 0 radical (unpaired) electrons. The van der Waals surface area contributed by atoms with Gasteiger partial charge in [-0.25, -0.2) is 4.98 Å². The highest BCUT2D eigenvalue weighted by atomic mass is 32.1. The van der Waals surface area contributed by atoms with Crippen LogP contribution < -0.4 is 10.2 Å². The molecule has 3 aromatic rings. The van der Waals surface area contributed by atoms with Crippen LogP contribution in [-0.4, -0.2) is 24.7 Å². The molecule has 0 aliphatic rings. The summed E-state index contributed by atoms with van der Waals surface area (Å²) < 4.78 is 10.5. The van der Waals surface area contributed by atoms with Crippen LogP contribution in [0.4, 0.5) is 0 Å². The third-order valence-electron chi connectivity index (χ3n) is 4.37. The smallest absolute Gasteiger partial charge is 0.305 e. The zero-order valence-electron chi connectivity index (χ0n) is 17.7. The maximum atomic E-state index is 11.3. The van der Waals surface area contributed by atoms with Gasteiger partial charge in [0.15, 0.2) is 0 Å². The van der Waals surface area contributed by atoms with Crippen molar-refractivity contribution in [2.24, 2.45) is 0 Å². The summed E-state index contributed by atoms with van der Waals surface area (Å²) in [5.74, 6) is 0.458. The molecule has 0 amide bonds. The number of hydrogen-bond donors (Lipinski definition) is 1. The predicted molar refractivity (Wildman–Crippen MR) is 122 cm³/mol. The Morgan fingerprint density at radius 3 is 2.61 bits per heavy atom. The van der Waals surface area contributed by atoms with Gasteiger partial charge in [-0.1, -0.05) is 49.4 Å². The van der Waals surface area contributed by atoms with Gasteiger partial charge in [0, 0.05) is 17.4 Å². The van der Waals surface area contributed by atoms with Crippen LogP contribution in [0.3, 0.4) is 0 Å². The molecule has 1 N–H and O–H groups in total. The number of esters is 1. The third-order valence-corrected chi connectivity index (χ3v) is 5.26. The van der Waals surface area contributed by atoms with Crippen LogP contribution in [-0.2, 0) is 20.8 Å². The lowest BCUT2D eigenvalue weighted by Gasteiger charge is -2.09. The Morgan fingerprint density at radius 2 is 1.90 bits per heavy atom. The summed E-state index contributed by atoms with van der Waals surface area (Å²) in [6.45, 7) is 2.61. The van der Waals surface area contributed by atoms with Crippen molar-refractivity contribution < 1.29 is 19.1 Å². The largest absolute Gasteiger partial charge is 0.469 e. The predicted octanol–water partition coefficient (Wildman–Crippen LogP) is 5.22. The number of hydrogen-bond acceptors (Lipinski definition) is 7. The van der Waals surface area contributed by atoms with E-state index >= 15 is 0 Å². The van der Waals surface area contributed by atoms with Crippen LogP contribution in [0.25, 0.3) is 16.3 Å². The minimum Gasteiger partial charge on any atom is -0.469 e. The van der Waals surface area contributed by atoms with Gasteiger partial charge in [-0.05, 0) is 30.5 Å². The fourth-order valence-electron chi connectivity index (χ4n) is 2.69. The molecular formula is C24H26N2O4S. The van der Waals surface area contributed by atoms with E-state index in [4.69, 9.17) is 14.6 Å². The zero-order valence-corrected chi connectivity index (χ0v) is 18.5. The molecule has 0 bridgehead atoms. The average molecular weight is 439 g/mol. The number of carbonyl (C=O) groups is 1. The van der Waals surface area contributed by atoms with Gasteiger partial charge in [0.25, 0.3) is 0 Å². The number of hydroxylamine groups is 1. The molecule has 0 saturated heterocycles. The Kier molecular flexibility index (Phi) is 8.63. The van der Waals surface area contributed by atoms with Crippen LogP contribution >= 0.6 is 11.3 Å². The normalized spacial score (nSPS) is 11.2. The Labute approximate surface area is 186 Å². The first-order valence-corrected chi connectivity index (χ1v) is 11.0. The number of rotatable bonds is 11. The van der Waals surface area contributed by atoms with Crippen molar-refractivity contribution in [2.45, 2.75) is 26.2 Å². The van der Waals surface area contributed by atoms with Crippen molar-refractivity contribution in [3.63, 3.8) is 0 Å². The number of methoxy groups -OCH3 is 1. The molecule has 0 spiro atoms. The Hall–Kier alpha value is -3.16. The number of nitrogens with zero attached hydrogens (tertiary/aromatic N) is 1. The molecule has 0 saturated carbocycles. The number of ether oxygens (including phenoxy) is 2. The quantitative estimate of drug-likeness (QED) is 0.191. The summed E-state index contributed by atoms with van der Waals surface area (Å²) in [5.41, 5.74) is 6.44. The van der Waals surface area contributed by atoms with Gasteiger partial charge in [0.05, 0.1) is 13.7 Å². The highest BCUT2D eigenvalue weighted by Crippen LogP contribution is 2.26. The van der Waals surface area contributed by atoms with E-state index in [0.29, 0.717) is 30.9 Å². The molecule has 7 heteroatoms. The monoisotopic (exact) mass is 438 g/mol. The van der Waals surface area contributed by atoms with E-state index in [2.05, 4.69) is 10.2 Å². The first-order chi connectivity index (χ1) is 15.2. The van der Waals surface area contributed by atoms with Crippen LogP contribution in [0.2, 0.25) is 0 Å². The summed E-state index contributed by atoms with van der Waals surface area (Å²) in [6.07, 6.45) is 3.47. The second kappa shape index (κ2) is 11.9. The van der Waals surface area contributed by atoms with Crippen LogP contribution in [0.1, 0.15) is 31.0 Å². The van der Waals surface area contributed by atoms with Crippen molar-refractivity contribution >= 4 is 23.0 Å². The number of aromatic nitrogens is 1. The first kappa shape index (κ1) is 22.5. The molecular weight excluding hydrogens is 412 g/mol. The van der Waals surface area contributed by atoms with E-state index in [9.17, 15) is 4.79 Å². The summed E-state index contributed by atoms with van der Waals surface area (Å²) in [7, 11) is 1.40. The van der Waals surface area contributed by atoms with Crippen molar-refractivity contribution in [2.75, 3.05) is 13.7 Å². The van der Waals surface area contributed by atoms with Crippen LogP contribution in [0.15, 0.2) is 66.2 Å². The van der Waals surface area contributed by atoms with E-state index in [1.807, 2.05) is 66.9 Å². The summed E-state index contributed by atoms with van der Waals surface area (Å²) in [6, 6.07) is 17.6. The molecule has 162 valence electrons. The second-order valence-electron chi connectivity index (χ2n) is 6.72. The molecule has 0 aliphatic carbocycles. The topological polar surface area (TPSA) is 69.7 Å². The van der Waals surface area contributed by atoms with E-state index in [0.717, 1.165) is 28.2 Å². The van der Waals surface area contributed by atoms with Gasteiger partial charge in [-0.2, -0.15) is 0 Å². The molecule has 0 aliphatic heterocycles. The highest BCUT2D eigenvalue weighted by molar-refractivity contribution is 7.13. The van der Waals surface area contributed by atoms with Crippen LogP contribution in [0, 0.1) is 0 Å². The fourth-order valence-corrected chi connectivity index (χ4v) is 3.51. The molecule has 31 heavy (non-hydrogen) atoms. The Morgan fingerprint density at radius 1 is 1.13 bits per heavy atom. The average Bonchev–Trinajstić information content (AvgIpc) is 3.31. The van der Waals surface area contributed by atoms with Crippen LogP contribution in [0.5, 0.6) is 5.75 Å². The van der Waals surface area contributed by atoms with Crippen molar-refractivity contribution in [3.05, 3.63) is 77.5 Å². The fraction of sp³-hybridized carbons (Fsp3) is 0.250. The third kappa shape index (κ3) is 6.94. The minimum absolute atomic E-state index is 0.218. The molecule has 1 aromatic heterocycles. The molecule has 0 unspecified atom stereocenters. The number of nitrogens with one attached hydrogen (secondary N) is 1. The first-order valence-electron chi connectivity index (χ1n) is 10.1. The van der Waals surface area contributed by atoms with Crippen molar-refractivity contribution in [3.8, 4) is 16.3 Å². The van der Waals surface area contributed by atoms with Gasteiger partial charge in [0.2, 0.25) is 0 Å². The number of thiazole rings is 1. The van der Waals surface area contributed by atoms with E-state index < -0.39 is 0 Å². The lowest BCUT2D eigenvalue weighted by Crippen LogP contribution is -2.15. The van der Waals surface area contributed by atoms with Crippen molar-refractivity contribution in [1.82, 2.24) is 10.5 Å². The van der Waals surface area contributed by atoms with Gasteiger partial charge in [-0.3, -0.25) is 15.1 Å². The molecule has 1 heterocycles. The van der Waals surface area contributed by atoms with E-state index in [1.54, 1.807) is 17.6 Å². The standard InChI is InChI=1S/C24H26N2O4S/c1-3-15-30-26-21(22-17-31-24(25-22)19-7-5-4-6-8-19)16-29-20-12-9-18(10-13-20)11-14-23(27)28-2/h4-10,12-13,16-17,26H,3,11,14-15H2,1-2H3. The van der Waals surface area contributed by atoms with Gasteiger partial charge in [-0.15, -0.1) is 11.3 Å². The highest BCUT2D eigenvalue weighted by Gasteiger charge is 2.10. The summed E-state index contributed by atoms with van der Waals surface area (Å²) in [4.78, 5) is 21.5. The molecule has 3 rings (SSSR count). The van der Waals surface area contributed by atoms with Gasteiger partial charge < -0.3 is 9.47 Å². The van der Waals surface area contributed by atoms with Gasteiger partial charge >= 0.3 is 5.97 Å². The summed E-state index contributed by atoms with van der Waals surface area (Å²) in [5, 5.41) is 2.89. The van der Waals surface area contributed by atoms with E-state index in [-0.39, 0.29) is 5.97 Å². The maximum Gasteiger partial charge on any atom is 0.305 e. The van der Waals surface area contributed by atoms with Crippen molar-refractivity contribution in [1.29, 1.82) is 0 Å². The molecule has 6 nitrogen and oxygen atoms in total. The molecule has 0 atom stereocenters. The number of aryl methyl sites for hydroxylation is 1. The lowest BCUT2D eigenvalue weighted by molar-refractivity contribution is -0.140. The lowest BCUT2D eigenvalue weighted by atomic mass is 10.1. The second-order valence-corrected chi connectivity index (χ2v) is 7.58. The molecule has 0 fully saturated rings. The maximum absolute atomic E-state index is 11.3. The SMILES string of the molecule is CCCONC(=COc1ccc(CCC(=O)OC)cc1)c1csc(-c2ccccc2)n1. The Bertz CT molecular complexity index is 984. The summed E-state index contributed by atoms with van der Waals surface area (Å²) >= 11 is 1.56. The van der Waals surface area contributed by atoms with Gasteiger partial charge in [0.1, 0.15) is 28.4 Å². The minimum atomic E-state index is -0.218. The number of benzene rings is 2. The molecule has 2 aromatic carbocycles.